The number of nitrogens with two attached hydrogens (primary N) is 3. The second kappa shape index (κ2) is 3.53. The lowest BCUT2D eigenvalue weighted by Gasteiger charge is -2.08. The van der Waals surface area contributed by atoms with Crippen molar-refractivity contribution in [2.75, 3.05) is 11.5 Å². The van der Waals surface area contributed by atoms with E-state index in [9.17, 15) is 8.78 Å². The third kappa shape index (κ3) is 1.83. The normalized spacial score (nSPS) is 10.8. The van der Waals surface area contributed by atoms with E-state index < -0.39 is 12.1 Å². The van der Waals surface area contributed by atoms with Gasteiger partial charge in [0, 0.05) is 12.1 Å². The van der Waals surface area contributed by atoms with Crippen molar-refractivity contribution in [1.29, 1.82) is 0 Å². The van der Waals surface area contributed by atoms with E-state index in [0.29, 0.717) is 5.56 Å². The largest absolute Gasteiger partial charge is 0.397 e. The van der Waals surface area contributed by atoms with Crippen LogP contribution in [0.25, 0.3) is 0 Å². The van der Waals surface area contributed by atoms with Crippen molar-refractivity contribution in [1.82, 2.24) is 4.98 Å². The summed E-state index contributed by atoms with van der Waals surface area (Å²) < 4.78 is 24.4. The number of nitrogens with zero attached hydrogens (tertiary/aromatic N) is 1. The van der Waals surface area contributed by atoms with Gasteiger partial charge in [0.1, 0.15) is 11.5 Å². The van der Waals surface area contributed by atoms with Crippen LogP contribution in [0, 0.1) is 0 Å². The zero-order valence-corrected chi connectivity index (χ0v) is 6.80. The first-order valence-corrected chi connectivity index (χ1v) is 3.59. The van der Waals surface area contributed by atoms with Gasteiger partial charge in [0.05, 0.1) is 5.69 Å². The zero-order chi connectivity index (χ0) is 10.0. The molecule has 0 aliphatic heterocycles. The second-order valence-corrected chi connectivity index (χ2v) is 2.51. The average molecular weight is 188 g/mol. The topological polar surface area (TPSA) is 91.0 Å². The van der Waals surface area contributed by atoms with Gasteiger partial charge in [-0.25, -0.2) is 13.8 Å². The number of anilines is 2. The molecule has 0 atom stereocenters. The predicted octanol–water partition coefficient (Wildman–Crippen LogP) is 0.642. The number of hydrogen-bond acceptors (Lipinski definition) is 4. The summed E-state index contributed by atoms with van der Waals surface area (Å²) in [5.74, 6) is 0.00648. The van der Waals surface area contributed by atoms with Crippen LogP contribution in [0.2, 0.25) is 0 Å². The first-order valence-electron chi connectivity index (χ1n) is 3.59. The third-order valence-corrected chi connectivity index (χ3v) is 1.62. The molecular weight excluding hydrogens is 178 g/mol. The first-order chi connectivity index (χ1) is 6.06. The average Bonchev–Trinajstić information content (AvgIpc) is 2.07. The molecule has 0 fully saturated rings. The Morgan fingerprint density at radius 2 is 2.00 bits per heavy atom. The molecular formula is C7H10F2N4. The third-order valence-electron chi connectivity index (χ3n) is 1.62. The maximum absolute atomic E-state index is 12.2. The Hall–Kier alpha value is -1.43. The first kappa shape index (κ1) is 9.66. The van der Waals surface area contributed by atoms with Crippen LogP contribution in [0.5, 0.6) is 0 Å². The van der Waals surface area contributed by atoms with Crippen LogP contribution in [-0.4, -0.2) is 4.98 Å². The number of aromatic nitrogens is 1. The van der Waals surface area contributed by atoms with Gasteiger partial charge in [-0.05, 0) is 6.07 Å². The van der Waals surface area contributed by atoms with Crippen LogP contribution in [0.3, 0.4) is 0 Å². The molecule has 1 rings (SSSR count). The molecule has 0 spiro atoms. The van der Waals surface area contributed by atoms with Gasteiger partial charge in [-0.15, -0.1) is 0 Å². The molecule has 13 heavy (non-hydrogen) atoms. The van der Waals surface area contributed by atoms with Crippen molar-refractivity contribution in [3.63, 3.8) is 0 Å². The van der Waals surface area contributed by atoms with Crippen LogP contribution in [0.15, 0.2) is 6.07 Å². The lowest BCUT2D eigenvalue weighted by atomic mass is 10.2. The highest BCUT2D eigenvalue weighted by atomic mass is 19.3. The summed E-state index contributed by atoms with van der Waals surface area (Å²) in [5.41, 5.74) is 15.9. The number of alkyl halides is 2. The fourth-order valence-corrected chi connectivity index (χ4v) is 0.940. The standard InChI is InChI=1S/C7H10F2N4/c8-6(9)5-4(11)1-3(2-10)7(12)13-5/h1,6H,2,10-11H2,(H2,12,13). The molecule has 0 unspecified atom stereocenters. The maximum Gasteiger partial charge on any atom is 0.282 e. The molecule has 4 nitrogen and oxygen atoms in total. The Balaban J connectivity index is 3.20. The van der Waals surface area contributed by atoms with Crippen molar-refractivity contribution < 1.29 is 8.78 Å². The molecule has 0 radical (unpaired) electrons. The number of nitrogen functional groups attached to an aromatic ring is 2. The smallest absolute Gasteiger partial charge is 0.282 e. The summed E-state index contributed by atoms with van der Waals surface area (Å²) in [5, 5.41) is 0. The Kier molecular flexibility index (Phi) is 2.62. The molecule has 0 aliphatic rings. The van der Waals surface area contributed by atoms with E-state index in [4.69, 9.17) is 17.2 Å². The van der Waals surface area contributed by atoms with Gasteiger partial charge in [0.2, 0.25) is 0 Å². The molecule has 1 heterocycles. The van der Waals surface area contributed by atoms with Crippen molar-refractivity contribution in [2.45, 2.75) is 13.0 Å². The van der Waals surface area contributed by atoms with Gasteiger partial charge in [-0.1, -0.05) is 0 Å². The Morgan fingerprint density at radius 1 is 1.38 bits per heavy atom. The molecule has 6 N–H and O–H groups in total. The molecule has 0 amide bonds. The highest BCUT2D eigenvalue weighted by Gasteiger charge is 2.15. The summed E-state index contributed by atoms with van der Waals surface area (Å²) in [6, 6.07) is 1.32. The van der Waals surface area contributed by atoms with E-state index in [-0.39, 0.29) is 18.1 Å². The summed E-state index contributed by atoms with van der Waals surface area (Å²) in [7, 11) is 0. The van der Waals surface area contributed by atoms with Crippen LogP contribution in [0.1, 0.15) is 17.7 Å². The SMILES string of the molecule is NCc1cc(N)c(C(F)F)nc1N. The van der Waals surface area contributed by atoms with E-state index >= 15 is 0 Å². The number of pyridine rings is 1. The monoisotopic (exact) mass is 188 g/mol. The van der Waals surface area contributed by atoms with Gasteiger partial charge < -0.3 is 17.2 Å². The highest BCUT2D eigenvalue weighted by Crippen LogP contribution is 2.25. The zero-order valence-electron chi connectivity index (χ0n) is 6.80. The molecule has 72 valence electrons. The van der Waals surface area contributed by atoms with Crippen molar-refractivity contribution in [3.05, 3.63) is 17.3 Å². The van der Waals surface area contributed by atoms with E-state index in [1.165, 1.54) is 6.07 Å². The highest BCUT2D eigenvalue weighted by molar-refractivity contribution is 5.53. The van der Waals surface area contributed by atoms with E-state index in [1.807, 2.05) is 0 Å². The maximum atomic E-state index is 12.2. The van der Waals surface area contributed by atoms with E-state index in [1.54, 1.807) is 0 Å². The molecule has 0 bridgehead atoms. The van der Waals surface area contributed by atoms with Crippen LogP contribution < -0.4 is 17.2 Å². The van der Waals surface area contributed by atoms with Gasteiger partial charge in [-0.2, -0.15) is 0 Å². The molecule has 0 aromatic carbocycles. The minimum atomic E-state index is -2.71. The molecule has 0 saturated carbocycles. The van der Waals surface area contributed by atoms with Crippen molar-refractivity contribution >= 4 is 11.5 Å². The second-order valence-electron chi connectivity index (χ2n) is 2.51. The van der Waals surface area contributed by atoms with Crippen LogP contribution in [-0.2, 0) is 6.54 Å². The van der Waals surface area contributed by atoms with E-state index in [0.717, 1.165) is 0 Å². The quantitative estimate of drug-likeness (QED) is 0.635. The van der Waals surface area contributed by atoms with Crippen molar-refractivity contribution in [2.24, 2.45) is 5.73 Å². The molecule has 1 aromatic heterocycles. The fourth-order valence-electron chi connectivity index (χ4n) is 0.940. The Bertz CT molecular complexity index is 314. The van der Waals surface area contributed by atoms with Gasteiger partial charge in [-0.3, -0.25) is 0 Å². The number of hydrogen-bond donors (Lipinski definition) is 3. The van der Waals surface area contributed by atoms with Crippen LogP contribution in [0.4, 0.5) is 20.3 Å². The lowest BCUT2D eigenvalue weighted by Crippen LogP contribution is -2.08. The van der Waals surface area contributed by atoms with E-state index in [2.05, 4.69) is 4.98 Å². The fraction of sp³-hybridized carbons (Fsp3) is 0.286. The molecule has 0 saturated heterocycles. The summed E-state index contributed by atoms with van der Waals surface area (Å²) in [6.45, 7) is 0.131. The van der Waals surface area contributed by atoms with Crippen LogP contribution >= 0.6 is 0 Å². The summed E-state index contributed by atoms with van der Waals surface area (Å²) in [6.07, 6.45) is -2.71. The minimum absolute atomic E-state index is 0.00648. The minimum Gasteiger partial charge on any atom is -0.397 e. The lowest BCUT2D eigenvalue weighted by molar-refractivity contribution is 0.147. The molecule has 1 aromatic rings. The Labute approximate surface area is 73.7 Å². The number of halogens is 2. The Morgan fingerprint density at radius 3 is 2.46 bits per heavy atom. The summed E-state index contributed by atoms with van der Waals surface area (Å²) in [4.78, 5) is 3.47. The molecule has 6 heteroatoms. The van der Waals surface area contributed by atoms with Gasteiger partial charge in [0.15, 0.2) is 0 Å². The number of rotatable bonds is 2. The van der Waals surface area contributed by atoms with Crippen molar-refractivity contribution in [3.8, 4) is 0 Å². The van der Waals surface area contributed by atoms with Gasteiger partial charge in [0.25, 0.3) is 6.43 Å². The summed E-state index contributed by atoms with van der Waals surface area (Å²) >= 11 is 0. The predicted molar refractivity (Wildman–Crippen MR) is 45.9 cm³/mol. The molecule has 0 aliphatic carbocycles. The van der Waals surface area contributed by atoms with Gasteiger partial charge >= 0.3 is 0 Å².